The van der Waals surface area contributed by atoms with Gasteiger partial charge in [-0.25, -0.2) is 0 Å². The van der Waals surface area contributed by atoms with Crippen LogP contribution in [0.15, 0.2) is 0 Å². The molecule has 2 atom stereocenters. The van der Waals surface area contributed by atoms with E-state index in [-0.39, 0.29) is 0 Å². The molecular weight excluding hydrogens is 340 g/mol. The molecule has 5 heteroatoms. The van der Waals surface area contributed by atoms with E-state index < -0.39 is 0 Å². The SMILES string of the molecule is CC(C)C(C)OC1CN(C(C)CCOC2CCN(C3CCOCC3)CC2)C1. The van der Waals surface area contributed by atoms with Crippen molar-refractivity contribution < 1.29 is 14.2 Å². The molecule has 0 saturated carbocycles. The summed E-state index contributed by atoms with van der Waals surface area (Å²) in [5.41, 5.74) is 0. The van der Waals surface area contributed by atoms with Crippen LogP contribution in [0, 0.1) is 5.92 Å². The molecule has 5 nitrogen and oxygen atoms in total. The minimum atomic E-state index is 0.364. The first-order valence-corrected chi connectivity index (χ1v) is 11.4. The van der Waals surface area contributed by atoms with Crippen LogP contribution in [0.3, 0.4) is 0 Å². The van der Waals surface area contributed by atoms with Crippen molar-refractivity contribution in [2.45, 2.75) is 90.2 Å². The Labute approximate surface area is 166 Å². The molecule has 0 aromatic rings. The molecule has 3 heterocycles. The predicted octanol–water partition coefficient (Wildman–Crippen LogP) is 3.17. The second-order valence-corrected chi connectivity index (χ2v) is 9.25. The molecule has 3 fully saturated rings. The molecular formula is C22H42N2O3. The summed E-state index contributed by atoms with van der Waals surface area (Å²) in [6.45, 7) is 16.3. The van der Waals surface area contributed by atoms with Gasteiger partial charge < -0.3 is 19.1 Å². The zero-order valence-corrected chi connectivity index (χ0v) is 18.1. The molecule has 0 aromatic carbocycles. The minimum Gasteiger partial charge on any atom is -0.381 e. The molecule has 3 aliphatic rings. The molecule has 0 aliphatic carbocycles. The lowest BCUT2D eigenvalue weighted by Crippen LogP contribution is -2.56. The maximum atomic E-state index is 6.22. The van der Waals surface area contributed by atoms with Crippen molar-refractivity contribution in [1.82, 2.24) is 9.80 Å². The quantitative estimate of drug-likeness (QED) is 0.612. The fourth-order valence-corrected chi connectivity index (χ4v) is 4.42. The summed E-state index contributed by atoms with van der Waals surface area (Å²) in [5.74, 6) is 0.600. The van der Waals surface area contributed by atoms with Crippen LogP contribution in [-0.2, 0) is 14.2 Å². The van der Waals surface area contributed by atoms with E-state index >= 15 is 0 Å². The molecule has 158 valence electrons. The average Bonchev–Trinajstić information content (AvgIpc) is 2.65. The number of ether oxygens (including phenoxy) is 3. The second kappa shape index (κ2) is 10.5. The maximum Gasteiger partial charge on any atom is 0.0832 e. The van der Waals surface area contributed by atoms with Gasteiger partial charge in [0.15, 0.2) is 0 Å². The highest BCUT2D eigenvalue weighted by molar-refractivity contribution is 4.86. The molecule has 2 unspecified atom stereocenters. The van der Waals surface area contributed by atoms with Crippen molar-refractivity contribution in [3.05, 3.63) is 0 Å². The molecule has 3 aliphatic heterocycles. The summed E-state index contributed by atoms with van der Waals surface area (Å²) in [5, 5.41) is 0. The van der Waals surface area contributed by atoms with Gasteiger partial charge in [-0.2, -0.15) is 0 Å². The smallest absolute Gasteiger partial charge is 0.0832 e. The largest absolute Gasteiger partial charge is 0.381 e. The van der Waals surface area contributed by atoms with E-state index in [9.17, 15) is 0 Å². The number of likely N-dealkylation sites (tertiary alicyclic amines) is 2. The Balaban J connectivity index is 1.23. The van der Waals surface area contributed by atoms with E-state index in [0.717, 1.165) is 45.4 Å². The van der Waals surface area contributed by atoms with Gasteiger partial charge in [0.05, 0.1) is 18.3 Å². The molecule has 0 spiro atoms. The Morgan fingerprint density at radius 1 is 0.926 bits per heavy atom. The lowest BCUT2D eigenvalue weighted by atomic mass is 10.0. The fourth-order valence-electron chi connectivity index (χ4n) is 4.42. The van der Waals surface area contributed by atoms with Crippen LogP contribution in [0.25, 0.3) is 0 Å². The highest BCUT2D eigenvalue weighted by atomic mass is 16.5. The van der Waals surface area contributed by atoms with Crippen LogP contribution in [-0.4, -0.2) is 86.2 Å². The Kier molecular flexibility index (Phi) is 8.40. The third-order valence-corrected chi connectivity index (χ3v) is 6.92. The van der Waals surface area contributed by atoms with Gasteiger partial charge in [-0.3, -0.25) is 4.90 Å². The van der Waals surface area contributed by atoms with E-state index in [1.165, 1.54) is 38.8 Å². The first-order valence-electron chi connectivity index (χ1n) is 11.4. The Morgan fingerprint density at radius 3 is 2.22 bits per heavy atom. The van der Waals surface area contributed by atoms with Gasteiger partial charge >= 0.3 is 0 Å². The first-order chi connectivity index (χ1) is 13.0. The molecule has 0 aromatic heterocycles. The summed E-state index contributed by atoms with van der Waals surface area (Å²) < 4.78 is 17.8. The summed E-state index contributed by atoms with van der Waals surface area (Å²) in [6, 6.07) is 1.35. The van der Waals surface area contributed by atoms with Gasteiger partial charge in [-0.05, 0) is 51.9 Å². The minimum absolute atomic E-state index is 0.364. The monoisotopic (exact) mass is 382 g/mol. The molecule has 0 radical (unpaired) electrons. The molecule has 27 heavy (non-hydrogen) atoms. The first kappa shape index (κ1) is 21.5. The molecule has 3 saturated heterocycles. The van der Waals surface area contributed by atoms with Crippen LogP contribution in [0.4, 0.5) is 0 Å². The number of nitrogens with zero attached hydrogens (tertiary/aromatic N) is 2. The van der Waals surface area contributed by atoms with E-state index in [0.29, 0.717) is 30.3 Å². The lowest BCUT2D eigenvalue weighted by Gasteiger charge is -2.44. The van der Waals surface area contributed by atoms with E-state index in [1.807, 2.05) is 0 Å². The van der Waals surface area contributed by atoms with Gasteiger partial charge in [0, 0.05) is 58.1 Å². The molecule has 0 amide bonds. The zero-order chi connectivity index (χ0) is 19.2. The number of hydrogen-bond acceptors (Lipinski definition) is 5. The van der Waals surface area contributed by atoms with Crippen LogP contribution < -0.4 is 0 Å². The zero-order valence-electron chi connectivity index (χ0n) is 18.1. The third kappa shape index (κ3) is 6.40. The maximum absolute atomic E-state index is 6.22. The Bertz CT molecular complexity index is 414. The van der Waals surface area contributed by atoms with E-state index in [4.69, 9.17) is 14.2 Å². The van der Waals surface area contributed by atoms with E-state index in [1.54, 1.807) is 0 Å². The van der Waals surface area contributed by atoms with E-state index in [2.05, 4.69) is 37.5 Å². The lowest BCUT2D eigenvalue weighted by molar-refractivity contribution is -0.113. The van der Waals surface area contributed by atoms with Crippen molar-refractivity contribution in [3.8, 4) is 0 Å². The van der Waals surface area contributed by atoms with Gasteiger partial charge in [0.1, 0.15) is 0 Å². The second-order valence-electron chi connectivity index (χ2n) is 9.25. The molecule has 3 rings (SSSR count). The van der Waals surface area contributed by atoms with Crippen molar-refractivity contribution >= 4 is 0 Å². The van der Waals surface area contributed by atoms with Gasteiger partial charge in [0.25, 0.3) is 0 Å². The highest BCUT2D eigenvalue weighted by Gasteiger charge is 2.32. The standard InChI is InChI=1S/C22H42N2O3/c1-17(2)19(4)27-22-15-24(16-22)18(3)7-14-26-21-5-10-23(11-6-21)20-8-12-25-13-9-20/h17-22H,5-16H2,1-4H3. The predicted molar refractivity (Wildman–Crippen MR) is 109 cm³/mol. The van der Waals surface area contributed by atoms with Crippen LogP contribution in [0.5, 0.6) is 0 Å². The topological polar surface area (TPSA) is 34.2 Å². The summed E-state index contributed by atoms with van der Waals surface area (Å²) in [6.07, 6.45) is 7.19. The molecule has 0 N–H and O–H groups in total. The van der Waals surface area contributed by atoms with Gasteiger partial charge in [-0.15, -0.1) is 0 Å². The summed E-state index contributed by atoms with van der Waals surface area (Å²) >= 11 is 0. The average molecular weight is 383 g/mol. The normalized spacial score (nSPS) is 27.0. The number of rotatable bonds is 9. The Hall–Kier alpha value is -0.200. The van der Waals surface area contributed by atoms with Crippen molar-refractivity contribution in [3.63, 3.8) is 0 Å². The fraction of sp³-hybridized carbons (Fsp3) is 1.00. The van der Waals surface area contributed by atoms with Crippen molar-refractivity contribution in [2.24, 2.45) is 5.92 Å². The third-order valence-electron chi connectivity index (χ3n) is 6.92. The highest BCUT2D eigenvalue weighted by Crippen LogP contribution is 2.23. The number of piperidine rings is 1. The molecule has 0 bridgehead atoms. The Morgan fingerprint density at radius 2 is 1.59 bits per heavy atom. The van der Waals surface area contributed by atoms with Crippen LogP contribution in [0.2, 0.25) is 0 Å². The van der Waals surface area contributed by atoms with Gasteiger partial charge in [-0.1, -0.05) is 13.8 Å². The van der Waals surface area contributed by atoms with Crippen molar-refractivity contribution in [2.75, 3.05) is 46.0 Å². The number of hydrogen-bond donors (Lipinski definition) is 0. The van der Waals surface area contributed by atoms with Crippen LogP contribution in [0.1, 0.15) is 59.8 Å². The summed E-state index contributed by atoms with van der Waals surface area (Å²) in [7, 11) is 0. The van der Waals surface area contributed by atoms with Gasteiger partial charge in [0.2, 0.25) is 0 Å². The van der Waals surface area contributed by atoms with Crippen molar-refractivity contribution in [1.29, 1.82) is 0 Å². The van der Waals surface area contributed by atoms with Crippen LogP contribution >= 0.6 is 0 Å². The summed E-state index contributed by atoms with van der Waals surface area (Å²) in [4.78, 5) is 5.21.